The molecule has 0 heterocycles. The molecule has 0 aromatic heterocycles. The number of nitrogens with one attached hydrogen (secondary N) is 1. The van der Waals surface area contributed by atoms with Gasteiger partial charge >= 0.3 is 6.18 Å². The normalized spacial score (nSPS) is 14.4. The van der Waals surface area contributed by atoms with E-state index in [1.54, 1.807) is 7.05 Å². The summed E-state index contributed by atoms with van der Waals surface area (Å²) in [6.07, 6.45) is -4.41. The Labute approximate surface area is 116 Å². The maximum atomic E-state index is 12.0. The second-order valence-corrected chi connectivity index (χ2v) is 4.35. The summed E-state index contributed by atoms with van der Waals surface area (Å²) >= 11 is 0. The molecule has 0 amide bonds. The molecule has 0 saturated carbocycles. The van der Waals surface area contributed by atoms with E-state index in [2.05, 4.69) is 10.3 Å². The maximum Gasteiger partial charge on any atom is 0.390 e. The molecule has 6 nitrogen and oxygen atoms in total. The molecule has 118 valence electrons. The van der Waals surface area contributed by atoms with Crippen LogP contribution in [0.4, 0.5) is 13.2 Å². The van der Waals surface area contributed by atoms with Crippen LogP contribution in [-0.4, -0.2) is 43.7 Å². The molecular formula is C11H23F3N6. The molecule has 0 aromatic rings. The fraction of sp³-hybridized carbons (Fsp3) is 0.727. The third-order valence-corrected chi connectivity index (χ3v) is 2.53. The molecule has 0 bridgehead atoms. The number of allylic oxidation sites excluding steroid dienone is 1. The van der Waals surface area contributed by atoms with Crippen molar-refractivity contribution in [3.63, 3.8) is 0 Å². The molecule has 20 heavy (non-hydrogen) atoms. The van der Waals surface area contributed by atoms with E-state index in [1.165, 1.54) is 4.90 Å². The van der Waals surface area contributed by atoms with Crippen molar-refractivity contribution in [1.82, 2.24) is 10.2 Å². The van der Waals surface area contributed by atoms with Gasteiger partial charge in [-0.25, -0.2) is 0 Å². The van der Waals surface area contributed by atoms with E-state index in [0.717, 1.165) is 0 Å². The van der Waals surface area contributed by atoms with E-state index in [4.69, 9.17) is 17.2 Å². The molecular weight excluding hydrogens is 273 g/mol. The van der Waals surface area contributed by atoms with Crippen molar-refractivity contribution in [2.45, 2.75) is 25.9 Å². The Hall–Kier alpha value is -1.64. The van der Waals surface area contributed by atoms with Crippen molar-refractivity contribution in [2.75, 3.05) is 26.7 Å². The third kappa shape index (κ3) is 9.31. The standard InChI is InChI=1S/C11H23F3N6/c1-3-8(15)9(16)19-10(17)18-5-7-20(2)6-4-11(12,13)14/h3-7,15-16H2,1-2H3,(H3,17,18,19)/b9-8-. The average molecular weight is 296 g/mol. The van der Waals surface area contributed by atoms with Gasteiger partial charge in [0.05, 0.1) is 13.0 Å². The summed E-state index contributed by atoms with van der Waals surface area (Å²) in [5, 5.41) is 2.62. The fourth-order valence-corrected chi connectivity index (χ4v) is 1.22. The minimum Gasteiger partial charge on any atom is -0.399 e. The van der Waals surface area contributed by atoms with Crippen LogP contribution < -0.4 is 22.5 Å². The van der Waals surface area contributed by atoms with Crippen LogP contribution in [0.25, 0.3) is 0 Å². The summed E-state index contributed by atoms with van der Waals surface area (Å²) < 4.78 is 36.0. The minimum atomic E-state index is -4.14. The van der Waals surface area contributed by atoms with Crippen LogP contribution in [0.15, 0.2) is 16.5 Å². The van der Waals surface area contributed by atoms with E-state index in [9.17, 15) is 13.2 Å². The summed E-state index contributed by atoms with van der Waals surface area (Å²) in [6.45, 7) is 2.40. The van der Waals surface area contributed by atoms with E-state index < -0.39 is 12.6 Å². The van der Waals surface area contributed by atoms with Gasteiger partial charge in [0.1, 0.15) is 5.82 Å². The average Bonchev–Trinajstić information content (AvgIpc) is 2.34. The lowest BCUT2D eigenvalue weighted by molar-refractivity contribution is -0.137. The summed E-state index contributed by atoms with van der Waals surface area (Å²) in [5.74, 6) is 0.322. The van der Waals surface area contributed by atoms with Crippen LogP contribution in [-0.2, 0) is 0 Å². The molecule has 0 aromatic carbocycles. The fourth-order valence-electron chi connectivity index (χ4n) is 1.22. The molecule has 7 N–H and O–H groups in total. The smallest absolute Gasteiger partial charge is 0.390 e. The van der Waals surface area contributed by atoms with Gasteiger partial charge < -0.3 is 27.4 Å². The van der Waals surface area contributed by atoms with Gasteiger partial charge in [-0.15, -0.1) is 0 Å². The van der Waals surface area contributed by atoms with Crippen molar-refractivity contribution in [2.24, 2.45) is 22.2 Å². The Kier molecular flexibility index (Phi) is 7.82. The molecule has 9 heteroatoms. The van der Waals surface area contributed by atoms with Gasteiger partial charge in [0.2, 0.25) is 0 Å². The van der Waals surface area contributed by atoms with Crippen LogP contribution in [0, 0.1) is 0 Å². The van der Waals surface area contributed by atoms with Gasteiger partial charge in [-0.05, 0) is 13.5 Å². The second-order valence-electron chi connectivity index (χ2n) is 4.35. The van der Waals surface area contributed by atoms with E-state index in [0.29, 0.717) is 18.7 Å². The summed E-state index contributed by atoms with van der Waals surface area (Å²) in [5.41, 5.74) is 17.2. The Bertz CT molecular complexity index is 351. The third-order valence-electron chi connectivity index (χ3n) is 2.53. The molecule has 0 aliphatic rings. The first-order valence-electron chi connectivity index (χ1n) is 6.22. The Balaban J connectivity index is 4.06. The highest BCUT2D eigenvalue weighted by molar-refractivity contribution is 5.79. The number of nitrogens with two attached hydrogens (primary N) is 3. The lowest BCUT2D eigenvalue weighted by Gasteiger charge is -2.16. The summed E-state index contributed by atoms with van der Waals surface area (Å²) in [4.78, 5) is 5.49. The number of alkyl halides is 3. The molecule has 0 unspecified atom stereocenters. The lowest BCUT2D eigenvalue weighted by atomic mass is 10.3. The molecule has 0 fully saturated rings. The molecule has 0 radical (unpaired) electrons. The first-order valence-corrected chi connectivity index (χ1v) is 6.22. The van der Waals surface area contributed by atoms with E-state index in [1.807, 2.05) is 6.92 Å². The van der Waals surface area contributed by atoms with Gasteiger partial charge in [0.25, 0.3) is 0 Å². The first-order chi connectivity index (χ1) is 9.15. The largest absolute Gasteiger partial charge is 0.399 e. The quantitative estimate of drug-likeness (QED) is 0.399. The van der Waals surface area contributed by atoms with Gasteiger partial charge in [-0.2, -0.15) is 13.2 Å². The van der Waals surface area contributed by atoms with Crippen LogP contribution in [0.1, 0.15) is 19.8 Å². The number of guanidine groups is 1. The number of nitrogens with zero attached hydrogens (tertiary/aromatic N) is 2. The highest BCUT2D eigenvalue weighted by Gasteiger charge is 2.26. The Morgan fingerprint density at radius 2 is 1.80 bits per heavy atom. The van der Waals surface area contributed by atoms with Crippen molar-refractivity contribution in [1.29, 1.82) is 0 Å². The summed E-state index contributed by atoms with van der Waals surface area (Å²) in [6, 6.07) is 0. The van der Waals surface area contributed by atoms with Gasteiger partial charge in [-0.3, -0.25) is 4.99 Å². The van der Waals surface area contributed by atoms with Crippen LogP contribution in [0.2, 0.25) is 0 Å². The van der Waals surface area contributed by atoms with Gasteiger partial charge in [0.15, 0.2) is 5.96 Å². The predicted octanol–water partition coefficient (Wildman–Crippen LogP) is 0.271. The SMILES string of the molecule is CC/C(N)=C(\N)NC(N)=NCCN(C)CCC(F)(F)F. The Morgan fingerprint density at radius 1 is 1.20 bits per heavy atom. The number of halogens is 3. The number of hydrogen-bond donors (Lipinski definition) is 4. The number of rotatable bonds is 7. The maximum absolute atomic E-state index is 12.0. The molecule has 0 saturated heterocycles. The Morgan fingerprint density at radius 3 is 2.30 bits per heavy atom. The zero-order chi connectivity index (χ0) is 15.8. The second kappa shape index (κ2) is 8.51. The lowest BCUT2D eigenvalue weighted by Crippen LogP contribution is -2.37. The number of likely N-dealkylation sites (N-methyl/N-ethyl adjacent to an activating group) is 1. The van der Waals surface area contributed by atoms with Crippen LogP contribution in [0.3, 0.4) is 0 Å². The highest BCUT2D eigenvalue weighted by Crippen LogP contribution is 2.19. The predicted molar refractivity (Wildman–Crippen MR) is 73.5 cm³/mol. The van der Waals surface area contributed by atoms with Crippen molar-refractivity contribution in [3.8, 4) is 0 Å². The van der Waals surface area contributed by atoms with Gasteiger partial charge in [0, 0.05) is 18.8 Å². The van der Waals surface area contributed by atoms with Crippen LogP contribution in [0.5, 0.6) is 0 Å². The molecule has 0 spiro atoms. The zero-order valence-corrected chi connectivity index (χ0v) is 11.8. The molecule has 0 aliphatic carbocycles. The molecule has 0 atom stereocenters. The first kappa shape index (κ1) is 18.4. The monoisotopic (exact) mass is 296 g/mol. The zero-order valence-electron chi connectivity index (χ0n) is 11.8. The van der Waals surface area contributed by atoms with E-state index in [-0.39, 0.29) is 24.9 Å². The minimum absolute atomic E-state index is 0.0722. The highest BCUT2D eigenvalue weighted by atomic mass is 19.4. The van der Waals surface area contributed by atoms with Crippen molar-refractivity contribution < 1.29 is 13.2 Å². The molecule has 0 aliphatic heterocycles. The summed E-state index contributed by atoms with van der Waals surface area (Å²) in [7, 11) is 1.59. The topological polar surface area (TPSA) is 106 Å². The van der Waals surface area contributed by atoms with Crippen molar-refractivity contribution >= 4 is 5.96 Å². The van der Waals surface area contributed by atoms with E-state index >= 15 is 0 Å². The number of aliphatic imine (C=N–C) groups is 1. The van der Waals surface area contributed by atoms with Gasteiger partial charge in [-0.1, -0.05) is 6.92 Å². The number of hydrogen-bond acceptors (Lipinski definition) is 4. The molecule has 0 rings (SSSR count). The van der Waals surface area contributed by atoms with Crippen molar-refractivity contribution in [3.05, 3.63) is 11.5 Å². The van der Waals surface area contributed by atoms with Crippen LogP contribution >= 0.6 is 0 Å².